The lowest BCUT2D eigenvalue weighted by molar-refractivity contribution is -0.135. The number of nitrogens with zero attached hydrogens (tertiary/aromatic N) is 2. The number of unbranched alkanes of at least 4 members (excludes halogenated alkanes) is 7. The van der Waals surface area contributed by atoms with Crippen molar-refractivity contribution in [3.63, 3.8) is 0 Å². The summed E-state index contributed by atoms with van der Waals surface area (Å²) in [5, 5.41) is 13.3. The molecule has 1 aliphatic heterocycles. The lowest BCUT2D eigenvalue weighted by Gasteiger charge is -2.21. The van der Waals surface area contributed by atoms with Gasteiger partial charge in [0.05, 0.1) is 11.0 Å². The van der Waals surface area contributed by atoms with E-state index >= 15 is 0 Å². The third-order valence-electron chi connectivity index (χ3n) is 6.36. The van der Waals surface area contributed by atoms with E-state index in [9.17, 15) is 19.2 Å². The Morgan fingerprint density at radius 1 is 1.06 bits per heavy atom. The number of aryl methyl sites for hydroxylation is 2. The lowest BCUT2D eigenvalue weighted by atomic mass is 10.0. The van der Waals surface area contributed by atoms with Crippen LogP contribution >= 0.6 is 0 Å². The largest absolute Gasteiger partial charge is 0.465 e. The molecule has 2 aromatic rings. The van der Waals surface area contributed by atoms with Gasteiger partial charge in [0.2, 0.25) is 11.8 Å². The summed E-state index contributed by atoms with van der Waals surface area (Å²) in [4.78, 5) is 47.2. The maximum atomic E-state index is 13.0. The van der Waals surface area contributed by atoms with E-state index in [0.717, 1.165) is 68.0 Å². The number of carbonyl (C=O) groups is 3. The van der Waals surface area contributed by atoms with Crippen molar-refractivity contribution in [2.45, 2.75) is 76.7 Å². The molecule has 33 heavy (non-hydrogen) atoms. The fraction of sp³-hybridized carbons (Fsp3) is 0.583. The summed E-state index contributed by atoms with van der Waals surface area (Å²) in [5.74, 6) is -0.704. The average molecular weight is 459 g/mol. The Morgan fingerprint density at radius 2 is 1.73 bits per heavy atom. The molecule has 0 aliphatic carbocycles. The number of benzene rings is 1. The molecule has 9 nitrogen and oxygen atoms in total. The Hall–Kier alpha value is -3.10. The van der Waals surface area contributed by atoms with Gasteiger partial charge in [0.15, 0.2) is 0 Å². The van der Waals surface area contributed by atoms with Crippen LogP contribution < -0.4 is 16.3 Å². The van der Waals surface area contributed by atoms with E-state index < -0.39 is 18.0 Å². The molecule has 2 heterocycles. The zero-order valence-electron chi connectivity index (χ0n) is 19.3. The molecule has 3 N–H and O–H groups in total. The van der Waals surface area contributed by atoms with E-state index in [2.05, 4.69) is 10.6 Å². The van der Waals surface area contributed by atoms with Crippen molar-refractivity contribution in [1.29, 1.82) is 0 Å². The van der Waals surface area contributed by atoms with Gasteiger partial charge in [-0.1, -0.05) is 50.7 Å². The molecule has 3 rings (SSSR count). The van der Waals surface area contributed by atoms with Gasteiger partial charge < -0.3 is 10.4 Å². The standard InChI is InChI=1S/C24H34N4O5/c1-27-21-17(11-8-6-4-2-3-5-7-9-16-25-23(31)32)12-10-13-18(21)28(24(27)33)19-14-15-20(29)26-22(19)30/h10,12-13,19,25H,2-9,11,14-16H2,1H3,(H,31,32)(H,26,29,30). The van der Waals surface area contributed by atoms with Gasteiger partial charge in [-0.25, -0.2) is 9.59 Å². The fourth-order valence-corrected chi connectivity index (χ4v) is 4.65. The maximum absolute atomic E-state index is 13.0. The number of para-hydroxylation sites is 1. The van der Waals surface area contributed by atoms with Gasteiger partial charge in [-0.15, -0.1) is 0 Å². The van der Waals surface area contributed by atoms with Crippen molar-refractivity contribution in [3.05, 3.63) is 34.2 Å². The third-order valence-corrected chi connectivity index (χ3v) is 6.36. The van der Waals surface area contributed by atoms with E-state index in [-0.39, 0.29) is 18.0 Å². The van der Waals surface area contributed by atoms with Crippen LogP contribution in [-0.4, -0.2) is 38.7 Å². The Balaban J connectivity index is 1.51. The van der Waals surface area contributed by atoms with Gasteiger partial charge in [0.1, 0.15) is 6.04 Å². The van der Waals surface area contributed by atoms with E-state index in [1.165, 1.54) is 11.0 Å². The Morgan fingerprint density at radius 3 is 2.39 bits per heavy atom. The first-order chi connectivity index (χ1) is 15.9. The molecule has 1 atom stereocenters. The van der Waals surface area contributed by atoms with Crippen LogP contribution in [0.1, 0.15) is 75.8 Å². The topological polar surface area (TPSA) is 122 Å². The second-order valence-corrected chi connectivity index (χ2v) is 8.77. The zero-order valence-corrected chi connectivity index (χ0v) is 19.3. The number of nitrogens with one attached hydrogen (secondary N) is 2. The molecular weight excluding hydrogens is 424 g/mol. The monoisotopic (exact) mass is 458 g/mol. The summed E-state index contributed by atoms with van der Waals surface area (Å²) in [7, 11) is 1.74. The van der Waals surface area contributed by atoms with Crippen molar-refractivity contribution in [1.82, 2.24) is 19.8 Å². The molecule has 3 amide bonds. The predicted molar refractivity (Wildman–Crippen MR) is 125 cm³/mol. The first kappa shape index (κ1) is 24.5. The van der Waals surface area contributed by atoms with Crippen molar-refractivity contribution >= 4 is 28.9 Å². The van der Waals surface area contributed by atoms with Crippen LogP contribution in [0.25, 0.3) is 11.0 Å². The summed E-state index contributed by atoms with van der Waals surface area (Å²) < 4.78 is 3.15. The number of carboxylic acid groups (broad SMARTS) is 1. The summed E-state index contributed by atoms with van der Waals surface area (Å²) in [6.07, 6.45) is 9.14. The lowest BCUT2D eigenvalue weighted by Crippen LogP contribution is -2.44. The first-order valence-corrected chi connectivity index (χ1v) is 11.9. The Bertz CT molecular complexity index is 1060. The minimum absolute atomic E-state index is 0.231. The van der Waals surface area contributed by atoms with E-state index in [0.29, 0.717) is 13.0 Å². The highest BCUT2D eigenvalue weighted by atomic mass is 16.4. The molecule has 0 saturated carbocycles. The second kappa shape index (κ2) is 11.7. The van der Waals surface area contributed by atoms with E-state index in [1.807, 2.05) is 18.2 Å². The Labute approximate surface area is 193 Å². The van der Waals surface area contributed by atoms with E-state index in [1.54, 1.807) is 11.6 Å². The van der Waals surface area contributed by atoms with Crippen LogP contribution in [0, 0.1) is 0 Å². The number of imide groups is 1. The summed E-state index contributed by atoms with van der Waals surface area (Å²) in [5.41, 5.74) is 2.48. The number of piperidine rings is 1. The van der Waals surface area contributed by atoms with Crippen LogP contribution in [0.2, 0.25) is 0 Å². The van der Waals surface area contributed by atoms with Crippen LogP contribution in [0.4, 0.5) is 4.79 Å². The minimum Gasteiger partial charge on any atom is -0.465 e. The van der Waals surface area contributed by atoms with Gasteiger partial charge in [0, 0.05) is 20.0 Å². The molecule has 1 aliphatic rings. The predicted octanol–water partition coefficient (Wildman–Crippen LogP) is 3.25. The number of hydrogen-bond acceptors (Lipinski definition) is 4. The molecular formula is C24H34N4O5. The minimum atomic E-state index is -0.960. The zero-order chi connectivity index (χ0) is 23.8. The summed E-state index contributed by atoms with van der Waals surface area (Å²) in [6, 6.07) is 5.19. The quantitative estimate of drug-likeness (QED) is 0.333. The van der Waals surface area contributed by atoms with Crippen molar-refractivity contribution in [2.24, 2.45) is 7.05 Å². The number of rotatable bonds is 12. The normalized spacial score (nSPS) is 16.2. The molecule has 0 spiro atoms. The molecule has 1 aromatic carbocycles. The molecule has 1 aromatic heterocycles. The smallest absolute Gasteiger partial charge is 0.404 e. The molecule has 180 valence electrons. The van der Waals surface area contributed by atoms with Gasteiger partial charge in [-0.05, 0) is 37.3 Å². The van der Waals surface area contributed by atoms with Gasteiger partial charge in [-0.3, -0.25) is 24.0 Å². The summed E-state index contributed by atoms with van der Waals surface area (Å²) in [6.45, 7) is 0.522. The number of imidazole rings is 1. The number of carbonyl (C=O) groups excluding carboxylic acids is 2. The highest BCUT2D eigenvalue weighted by Gasteiger charge is 2.31. The van der Waals surface area contributed by atoms with Crippen molar-refractivity contribution in [2.75, 3.05) is 6.54 Å². The van der Waals surface area contributed by atoms with Crippen LogP contribution in [0.3, 0.4) is 0 Å². The molecule has 1 fully saturated rings. The van der Waals surface area contributed by atoms with E-state index in [4.69, 9.17) is 5.11 Å². The van der Waals surface area contributed by atoms with Gasteiger partial charge >= 0.3 is 11.8 Å². The Kier molecular flexibility index (Phi) is 8.68. The molecule has 1 saturated heterocycles. The van der Waals surface area contributed by atoms with Crippen molar-refractivity contribution in [3.8, 4) is 0 Å². The molecule has 1 unspecified atom stereocenters. The maximum Gasteiger partial charge on any atom is 0.404 e. The average Bonchev–Trinajstić information content (AvgIpc) is 3.03. The SMILES string of the molecule is Cn1c(=O)n(C2CCC(=O)NC2=O)c2cccc(CCCCCCCCCCNC(=O)O)c21. The van der Waals surface area contributed by atoms with Crippen LogP contribution in [0.15, 0.2) is 23.0 Å². The molecule has 9 heteroatoms. The number of fused-ring (bicyclic) bond motifs is 1. The highest BCUT2D eigenvalue weighted by Crippen LogP contribution is 2.26. The highest BCUT2D eigenvalue weighted by molar-refractivity contribution is 6.00. The van der Waals surface area contributed by atoms with Crippen LogP contribution in [-0.2, 0) is 23.1 Å². The fourth-order valence-electron chi connectivity index (χ4n) is 4.65. The summed E-state index contributed by atoms with van der Waals surface area (Å²) >= 11 is 0. The second-order valence-electron chi connectivity index (χ2n) is 8.77. The number of hydrogen-bond donors (Lipinski definition) is 3. The molecule has 0 radical (unpaired) electrons. The van der Waals surface area contributed by atoms with Crippen LogP contribution in [0.5, 0.6) is 0 Å². The van der Waals surface area contributed by atoms with Crippen molar-refractivity contribution < 1.29 is 19.5 Å². The number of amides is 3. The number of aromatic nitrogens is 2. The van der Waals surface area contributed by atoms with Gasteiger partial charge in [-0.2, -0.15) is 0 Å². The van der Waals surface area contributed by atoms with Gasteiger partial charge in [0.25, 0.3) is 0 Å². The third kappa shape index (κ3) is 6.24. The molecule has 0 bridgehead atoms. The first-order valence-electron chi connectivity index (χ1n) is 11.9.